The Morgan fingerprint density at radius 3 is 3.00 bits per heavy atom. The first-order valence-electron chi connectivity index (χ1n) is 5.63. The fraction of sp³-hybridized carbons (Fsp3) is 0.417. The van der Waals surface area contributed by atoms with Crippen molar-refractivity contribution in [3.8, 4) is 0 Å². The summed E-state index contributed by atoms with van der Waals surface area (Å²) >= 11 is 5.90. The number of aliphatic carboxylic acids is 1. The van der Waals surface area contributed by atoms with Gasteiger partial charge in [0, 0.05) is 6.54 Å². The van der Waals surface area contributed by atoms with Crippen molar-refractivity contribution in [1.29, 1.82) is 0 Å². The van der Waals surface area contributed by atoms with Crippen LogP contribution in [0.25, 0.3) is 0 Å². The predicted molar refractivity (Wildman–Crippen MR) is 65.4 cm³/mol. The molecule has 1 aliphatic rings. The average Bonchev–Trinajstić information content (AvgIpc) is 2.79. The second-order valence-electron chi connectivity index (χ2n) is 4.17. The van der Waals surface area contributed by atoms with Crippen LogP contribution in [0.1, 0.15) is 12.8 Å². The number of carboxylic acid groups (broad SMARTS) is 1. The highest BCUT2D eigenvalue weighted by molar-refractivity contribution is 6.33. The number of hydrogen-bond acceptors (Lipinski definition) is 3. The zero-order valence-corrected chi connectivity index (χ0v) is 10.3. The molecule has 0 aliphatic carbocycles. The molecule has 2 N–H and O–H groups in total. The maximum atomic E-state index is 13.0. The molecule has 1 aromatic carbocycles. The number of carboxylic acids is 1. The summed E-state index contributed by atoms with van der Waals surface area (Å²) in [4.78, 5) is 10.7. The van der Waals surface area contributed by atoms with E-state index >= 15 is 0 Å². The lowest BCUT2D eigenvalue weighted by atomic mass is 10.2. The van der Waals surface area contributed by atoms with Crippen molar-refractivity contribution in [2.24, 2.45) is 0 Å². The Morgan fingerprint density at radius 2 is 2.33 bits per heavy atom. The molecule has 0 amide bonds. The van der Waals surface area contributed by atoms with Crippen LogP contribution in [0.5, 0.6) is 0 Å². The van der Waals surface area contributed by atoms with Crippen LogP contribution in [0.4, 0.5) is 10.1 Å². The van der Waals surface area contributed by atoms with Gasteiger partial charge in [-0.15, -0.1) is 0 Å². The molecule has 18 heavy (non-hydrogen) atoms. The van der Waals surface area contributed by atoms with Crippen molar-refractivity contribution >= 4 is 23.3 Å². The first kappa shape index (κ1) is 13.1. The highest BCUT2D eigenvalue weighted by atomic mass is 35.5. The van der Waals surface area contributed by atoms with Crippen molar-refractivity contribution < 1.29 is 19.0 Å². The topological polar surface area (TPSA) is 58.6 Å². The van der Waals surface area contributed by atoms with Crippen molar-refractivity contribution in [1.82, 2.24) is 0 Å². The van der Waals surface area contributed by atoms with E-state index in [9.17, 15) is 9.18 Å². The third kappa shape index (κ3) is 3.11. The first-order chi connectivity index (χ1) is 8.56. The molecule has 2 rings (SSSR count). The third-order valence-electron chi connectivity index (χ3n) is 2.83. The molecule has 1 aromatic rings. The standard InChI is InChI=1S/C12H13ClFNO3/c13-9-3-1-7(14)5-10(9)15-6-8-2-4-11(18-8)12(16)17/h1,3,5,8,11,15H,2,4,6H2,(H,16,17). The van der Waals surface area contributed by atoms with Crippen LogP contribution in [0.3, 0.4) is 0 Å². The molecular formula is C12H13ClFNO3. The van der Waals surface area contributed by atoms with E-state index in [4.69, 9.17) is 21.4 Å². The number of nitrogens with one attached hydrogen (secondary N) is 1. The Morgan fingerprint density at radius 1 is 1.56 bits per heavy atom. The molecule has 0 spiro atoms. The van der Waals surface area contributed by atoms with E-state index in [1.54, 1.807) is 0 Å². The Hall–Kier alpha value is -1.33. The van der Waals surface area contributed by atoms with E-state index in [1.165, 1.54) is 18.2 Å². The number of halogens is 2. The van der Waals surface area contributed by atoms with Crippen molar-refractivity contribution in [2.75, 3.05) is 11.9 Å². The molecule has 2 atom stereocenters. The second-order valence-corrected chi connectivity index (χ2v) is 4.57. The quantitative estimate of drug-likeness (QED) is 0.885. The van der Waals surface area contributed by atoms with Crippen LogP contribution in [-0.2, 0) is 9.53 Å². The fourth-order valence-corrected chi connectivity index (χ4v) is 2.08. The van der Waals surface area contributed by atoms with E-state index in [0.29, 0.717) is 30.1 Å². The molecule has 4 nitrogen and oxygen atoms in total. The number of rotatable bonds is 4. The minimum Gasteiger partial charge on any atom is -0.479 e. The molecule has 2 unspecified atom stereocenters. The Labute approximate surface area is 109 Å². The summed E-state index contributed by atoms with van der Waals surface area (Å²) in [5, 5.41) is 12.2. The van der Waals surface area contributed by atoms with Crippen LogP contribution in [-0.4, -0.2) is 29.8 Å². The van der Waals surface area contributed by atoms with E-state index in [2.05, 4.69) is 5.32 Å². The van der Waals surface area contributed by atoms with Gasteiger partial charge < -0.3 is 15.2 Å². The number of benzene rings is 1. The summed E-state index contributed by atoms with van der Waals surface area (Å²) in [7, 11) is 0. The summed E-state index contributed by atoms with van der Waals surface area (Å²) in [6.07, 6.45) is 0.236. The predicted octanol–water partition coefficient (Wildman–Crippen LogP) is 2.52. The molecule has 0 bridgehead atoms. The third-order valence-corrected chi connectivity index (χ3v) is 3.16. The van der Waals surface area contributed by atoms with Gasteiger partial charge >= 0.3 is 5.97 Å². The van der Waals surface area contributed by atoms with Gasteiger partial charge in [-0.3, -0.25) is 0 Å². The van der Waals surface area contributed by atoms with Crippen LogP contribution in [0, 0.1) is 5.82 Å². The molecule has 98 valence electrons. The summed E-state index contributed by atoms with van der Waals surface area (Å²) in [5.74, 6) is -1.32. The first-order valence-corrected chi connectivity index (χ1v) is 6.01. The number of carbonyl (C=O) groups is 1. The molecule has 1 fully saturated rings. The fourth-order valence-electron chi connectivity index (χ4n) is 1.89. The SMILES string of the molecule is O=C(O)C1CCC(CNc2cc(F)ccc2Cl)O1. The summed E-state index contributed by atoms with van der Waals surface area (Å²) in [6.45, 7) is 0.410. The molecular weight excluding hydrogens is 261 g/mol. The molecule has 0 aromatic heterocycles. The maximum Gasteiger partial charge on any atom is 0.332 e. The lowest BCUT2D eigenvalue weighted by Crippen LogP contribution is -2.24. The lowest BCUT2D eigenvalue weighted by molar-refractivity contribution is -0.149. The van der Waals surface area contributed by atoms with E-state index in [1.807, 2.05) is 0 Å². The Balaban J connectivity index is 1.89. The average molecular weight is 274 g/mol. The van der Waals surface area contributed by atoms with Gasteiger partial charge in [0.1, 0.15) is 5.82 Å². The van der Waals surface area contributed by atoms with E-state index < -0.39 is 12.1 Å². The van der Waals surface area contributed by atoms with Gasteiger partial charge in [0.2, 0.25) is 0 Å². The van der Waals surface area contributed by atoms with Gasteiger partial charge in [-0.1, -0.05) is 11.6 Å². The lowest BCUT2D eigenvalue weighted by Gasteiger charge is -2.14. The monoisotopic (exact) mass is 273 g/mol. The Kier molecular flexibility index (Phi) is 4.04. The van der Waals surface area contributed by atoms with E-state index in [-0.39, 0.29) is 11.9 Å². The highest BCUT2D eigenvalue weighted by Gasteiger charge is 2.30. The summed E-state index contributed by atoms with van der Waals surface area (Å²) < 4.78 is 18.3. The van der Waals surface area contributed by atoms with Gasteiger partial charge in [0.25, 0.3) is 0 Å². The summed E-state index contributed by atoms with van der Waals surface area (Å²) in [6, 6.07) is 4.04. The van der Waals surface area contributed by atoms with Crippen molar-refractivity contribution in [3.05, 3.63) is 29.0 Å². The highest BCUT2D eigenvalue weighted by Crippen LogP contribution is 2.24. The zero-order chi connectivity index (χ0) is 13.1. The van der Waals surface area contributed by atoms with Crippen LogP contribution < -0.4 is 5.32 Å². The van der Waals surface area contributed by atoms with Gasteiger partial charge in [0.15, 0.2) is 6.10 Å². The molecule has 0 radical (unpaired) electrons. The minimum atomic E-state index is -0.943. The maximum absolute atomic E-state index is 13.0. The molecule has 1 heterocycles. The smallest absolute Gasteiger partial charge is 0.332 e. The van der Waals surface area contributed by atoms with Gasteiger partial charge in [-0.25, -0.2) is 9.18 Å². The Bertz CT molecular complexity index is 455. The van der Waals surface area contributed by atoms with E-state index in [0.717, 1.165) is 0 Å². The number of anilines is 1. The number of ether oxygens (including phenoxy) is 1. The largest absolute Gasteiger partial charge is 0.479 e. The minimum absolute atomic E-state index is 0.189. The second kappa shape index (κ2) is 5.54. The van der Waals surface area contributed by atoms with Gasteiger partial charge in [0.05, 0.1) is 16.8 Å². The van der Waals surface area contributed by atoms with Crippen LogP contribution >= 0.6 is 11.6 Å². The van der Waals surface area contributed by atoms with Gasteiger partial charge in [-0.2, -0.15) is 0 Å². The van der Waals surface area contributed by atoms with Crippen LogP contribution in [0.15, 0.2) is 18.2 Å². The van der Waals surface area contributed by atoms with Gasteiger partial charge in [-0.05, 0) is 31.0 Å². The zero-order valence-electron chi connectivity index (χ0n) is 9.53. The summed E-state index contributed by atoms with van der Waals surface area (Å²) in [5.41, 5.74) is 0.485. The number of hydrogen-bond donors (Lipinski definition) is 2. The molecule has 1 aliphatic heterocycles. The molecule has 6 heteroatoms. The molecule has 1 saturated heterocycles. The van der Waals surface area contributed by atoms with Crippen molar-refractivity contribution in [3.63, 3.8) is 0 Å². The van der Waals surface area contributed by atoms with Crippen molar-refractivity contribution in [2.45, 2.75) is 25.0 Å². The molecule has 0 saturated carbocycles. The normalized spacial score (nSPS) is 23.0. The van der Waals surface area contributed by atoms with Crippen LogP contribution in [0.2, 0.25) is 5.02 Å².